The van der Waals surface area contributed by atoms with Gasteiger partial charge in [-0.05, 0) is 45.1 Å². The van der Waals surface area contributed by atoms with E-state index in [-0.39, 0.29) is 11.9 Å². The summed E-state index contributed by atoms with van der Waals surface area (Å²) in [4.78, 5) is 11.4. The second-order valence-corrected chi connectivity index (χ2v) is 5.66. The molecule has 2 atom stereocenters. The van der Waals surface area contributed by atoms with Crippen LogP contribution in [0.3, 0.4) is 0 Å². The highest BCUT2D eigenvalue weighted by Crippen LogP contribution is 2.28. The molecule has 1 saturated carbocycles. The Labute approximate surface area is 111 Å². The Morgan fingerprint density at radius 2 is 1.94 bits per heavy atom. The minimum Gasteiger partial charge on any atom is -0.396 e. The number of nitrogens with one attached hydrogen (secondary N) is 2. The lowest BCUT2D eigenvalue weighted by Crippen LogP contribution is -2.36. The molecule has 2 unspecified atom stereocenters. The molecule has 0 spiro atoms. The Morgan fingerprint density at radius 1 is 1.28 bits per heavy atom. The molecule has 0 aromatic rings. The average Bonchev–Trinajstić information content (AvgIpc) is 2.34. The summed E-state index contributed by atoms with van der Waals surface area (Å²) in [5.74, 6) is 1.15. The Balaban J connectivity index is 2.11. The first-order valence-electron chi connectivity index (χ1n) is 7.24. The molecule has 1 fully saturated rings. The fraction of sp³-hybridized carbons (Fsp3) is 0.929. The molecular weight excluding hydrogens is 228 g/mol. The van der Waals surface area contributed by atoms with E-state index in [4.69, 9.17) is 0 Å². The van der Waals surface area contributed by atoms with E-state index in [2.05, 4.69) is 10.6 Å². The van der Waals surface area contributed by atoms with E-state index in [9.17, 15) is 9.90 Å². The molecule has 1 aliphatic rings. The molecule has 3 N–H and O–H groups in total. The van der Waals surface area contributed by atoms with Crippen molar-refractivity contribution in [2.75, 3.05) is 19.7 Å². The quantitative estimate of drug-likeness (QED) is 0.602. The maximum atomic E-state index is 11.4. The van der Waals surface area contributed by atoms with Crippen LogP contribution in [0.4, 0.5) is 0 Å². The monoisotopic (exact) mass is 256 g/mol. The molecule has 0 radical (unpaired) electrons. The third-order valence-electron chi connectivity index (χ3n) is 3.69. The van der Waals surface area contributed by atoms with Crippen molar-refractivity contribution in [3.05, 3.63) is 0 Å². The van der Waals surface area contributed by atoms with Gasteiger partial charge in [0.05, 0.1) is 0 Å². The minimum absolute atomic E-state index is 0.111. The third-order valence-corrected chi connectivity index (χ3v) is 3.69. The fourth-order valence-electron chi connectivity index (χ4n) is 2.68. The Hall–Kier alpha value is -0.610. The van der Waals surface area contributed by atoms with Crippen LogP contribution in [0.5, 0.6) is 0 Å². The van der Waals surface area contributed by atoms with Crippen molar-refractivity contribution in [2.24, 2.45) is 11.8 Å². The van der Waals surface area contributed by atoms with Gasteiger partial charge in [0.25, 0.3) is 0 Å². The van der Waals surface area contributed by atoms with Crippen molar-refractivity contribution in [2.45, 2.75) is 52.0 Å². The highest BCUT2D eigenvalue weighted by atomic mass is 16.3. The van der Waals surface area contributed by atoms with E-state index in [1.165, 1.54) is 19.3 Å². The average molecular weight is 256 g/mol. The van der Waals surface area contributed by atoms with Gasteiger partial charge in [-0.15, -0.1) is 0 Å². The third kappa shape index (κ3) is 5.83. The number of aliphatic hydroxyl groups is 1. The van der Waals surface area contributed by atoms with Crippen molar-refractivity contribution < 1.29 is 9.90 Å². The van der Waals surface area contributed by atoms with Crippen LogP contribution >= 0.6 is 0 Å². The first-order chi connectivity index (χ1) is 8.63. The summed E-state index contributed by atoms with van der Waals surface area (Å²) in [5.41, 5.74) is 0. The zero-order chi connectivity index (χ0) is 13.4. The van der Waals surface area contributed by atoms with Crippen molar-refractivity contribution in [1.29, 1.82) is 0 Å². The highest BCUT2D eigenvalue weighted by molar-refractivity contribution is 5.76. The highest BCUT2D eigenvalue weighted by Gasteiger charge is 2.23. The maximum absolute atomic E-state index is 11.4. The van der Waals surface area contributed by atoms with Gasteiger partial charge in [-0.25, -0.2) is 0 Å². The van der Waals surface area contributed by atoms with E-state index in [1.54, 1.807) is 0 Å². The number of hydrogen-bond donors (Lipinski definition) is 3. The van der Waals surface area contributed by atoms with Gasteiger partial charge < -0.3 is 15.7 Å². The van der Waals surface area contributed by atoms with E-state index in [0.717, 1.165) is 19.5 Å². The summed E-state index contributed by atoms with van der Waals surface area (Å²) in [6.07, 6.45) is 5.41. The number of aliphatic hydroxyl groups excluding tert-OH is 1. The normalized spacial score (nSPS) is 24.2. The summed E-state index contributed by atoms with van der Waals surface area (Å²) in [6.45, 7) is 5.91. The van der Waals surface area contributed by atoms with Crippen molar-refractivity contribution in [1.82, 2.24) is 10.6 Å². The molecule has 1 amide bonds. The second-order valence-electron chi connectivity index (χ2n) is 5.66. The molecule has 0 saturated heterocycles. The maximum Gasteiger partial charge on any atom is 0.221 e. The number of carbonyl (C=O) groups excluding carboxylic acids is 1. The van der Waals surface area contributed by atoms with Crippen LogP contribution in [-0.2, 0) is 4.79 Å². The van der Waals surface area contributed by atoms with Gasteiger partial charge in [-0.3, -0.25) is 4.79 Å². The van der Waals surface area contributed by atoms with Crippen LogP contribution in [-0.4, -0.2) is 36.8 Å². The fourth-order valence-corrected chi connectivity index (χ4v) is 2.68. The smallest absolute Gasteiger partial charge is 0.221 e. The first kappa shape index (κ1) is 15.4. The van der Waals surface area contributed by atoms with Gasteiger partial charge in [-0.2, -0.15) is 0 Å². The lowest BCUT2D eigenvalue weighted by Gasteiger charge is -2.30. The first-order valence-corrected chi connectivity index (χ1v) is 7.24. The van der Waals surface area contributed by atoms with Crippen LogP contribution < -0.4 is 10.6 Å². The standard InChI is InChI=1S/C14H28N2O2/c1-11(2)16-14(18)7-8-15-9-12-5-3-4-6-13(12)10-17/h11-13,15,17H,3-10H2,1-2H3,(H,16,18). The van der Waals surface area contributed by atoms with Gasteiger partial charge in [0, 0.05) is 25.6 Å². The van der Waals surface area contributed by atoms with Crippen LogP contribution in [0, 0.1) is 11.8 Å². The lowest BCUT2D eigenvalue weighted by atomic mass is 9.79. The molecule has 0 aromatic carbocycles. The predicted octanol–water partition coefficient (Wildman–Crippen LogP) is 1.29. The van der Waals surface area contributed by atoms with Crippen LogP contribution in [0.1, 0.15) is 46.0 Å². The van der Waals surface area contributed by atoms with Crippen molar-refractivity contribution in [3.63, 3.8) is 0 Å². The molecule has 0 aromatic heterocycles. The molecule has 0 heterocycles. The predicted molar refractivity (Wildman–Crippen MR) is 73.3 cm³/mol. The van der Waals surface area contributed by atoms with E-state index < -0.39 is 0 Å². The topological polar surface area (TPSA) is 61.4 Å². The van der Waals surface area contributed by atoms with E-state index in [0.29, 0.717) is 24.9 Å². The zero-order valence-electron chi connectivity index (χ0n) is 11.7. The molecule has 4 heteroatoms. The molecule has 1 aliphatic carbocycles. The lowest BCUT2D eigenvalue weighted by molar-refractivity contribution is -0.121. The number of hydrogen-bond acceptors (Lipinski definition) is 3. The minimum atomic E-state index is 0.111. The summed E-state index contributed by atoms with van der Waals surface area (Å²) in [7, 11) is 0. The van der Waals surface area contributed by atoms with E-state index in [1.807, 2.05) is 13.8 Å². The molecular formula is C14H28N2O2. The Morgan fingerprint density at radius 3 is 2.56 bits per heavy atom. The van der Waals surface area contributed by atoms with Crippen molar-refractivity contribution >= 4 is 5.91 Å². The van der Waals surface area contributed by atoms with Gasteiger partial charge >= 0.3 is 0 Å². The molecule has 106 valence electrons. The zero-order valence-corrected chi connectivity index (χ0v) is 11.7. The molecule has 4 nitrogen and oxygen atoms in total. The van der Waals surface area contributed by atoms with Crippen molar-refractivity contribution in [3.8, 4) is 0 Å². The van der Waals surface area contributed by atoms with Gasteiger partial charge in [-0.1, -0.05) is 12.8 Å². The Kier molecular flexibility index (Phi) is 7.28. The number of amides is 1. The molecule has 0 bridgehead atoms. The van der Waals surface area contributed by atoms with Crippen LogP contribution in [0.25, 0.3) is 0 Å². The summed E-state index contributed by atoms with van der Waals surface area (Å²) in [5, 5.41) is 15.5. The number of carbonyl (C=O) groups is 1. The molecule has 1 rings (SSSR count). The van der Waals surface area contributed by atoms with Crippen LogP contribution in [0.15, 0.2) is 0 Å². The van der Waals surface area contributed by atoms with Gasteiger partial charge in [0.2, 0.25) is 5.91 Å². The summed E-state index contributed by atoms with van der Waals surface area (Å²) >= 11 is 0. The van der Waals surface area contributed by atoms with Crippen LogP contribution in [0.2, 0.25) is 0 Å². The molecule has 18 heavy (non-hydrogen) atoms. The van der Waals surface area contributed by atoms with Gasteiger partial charge in [0.15, 0.2) is 0 Å². The van der Waals surface area contributed by atoms with Gasteiger partial charge in [0.1, 0.15) is 0 Å². The largest absolute Gasteiger partial charge is 0.396 e. The molecule has 0 aliphatic heterocycles. The second kappa shape index (κ2) is 8.48. The summed E-state index contributed by atoms with van der Waals surface area (Å²) in [6, 6.07) is 0.217. The SMILES string of the molecule is CC(C)NC(=O)CCNCC1CCCCC1CO. The Bertz CT molecular complexity index is 244. The summed E-state index contributed by atoms with van der Waals surface area (Å²) < 4.78 is 0. The van der Waals surface area contributed by atoms with E-state index >= 15 is 0 Å². The number of rotatable bonds is 7.